The maximum absolute atomic E-state index is 12.2. The number of allylic oxidation sites excluding steroid dienone is 2. The number of terminal acetylenes is 1. The highest BCUT2D eigenvalue weighted by atomic mass is 16.1. The van der Waals surface area contributed by atoms with Crippen LogP contribution in [0.4, 0.5) is 0 Å². The average Bonchev–Trinajstić information content (AvgIpc) is 2.74. The number of Topliss-reactive ketones (excluding diaryl/α,β-unsaturated/α-hetero) is 1. The molecule has 0 fully saturated rings. The van der Waals surface area contributed by atoms with Crippen molar-refractivity contribution in [2.75, 3.05) is 0 Å². The van der Waals surface area contributed by atoms with Crippen molar-refractivity contribution in [2.45, 2.75) is 6.42 Å². The lowest BCUT2D eigenvalue weighted by molar-refractivity contribution is 0.0996. The van der Waals surface area contributed by atoms with Crippen molar-refractivity contribution in [3.8, 4) is 12.3 Å². The highest BCUT2D eigenvalue weighted by molar-refractivity contribution is 6.26. The summed E-state index contributed by atoms with van der Waals surface area (Å²) in [5.74, 6) is 2.30. The molecule has 1 heteroatoms. The van der Waals surface area contributed by atoms with Crippen molar-refractivity contribution in [1.29, 1.82) is 0 Å². The monoisotopic (exact) mass is 348 g/mol. The lowest BCUT2D eigenvalue weighted by Gasteiger charge is -2.11. The Kier molecular flexibility index (Phi) is 5.50. The molecule has 0 bridgehead atoms. The molecular weight excluding hydrogens is 328 g/mol. The molecule has 0 atom stereocenters. The number of rotatable bonds is 3. The van der Waals surface area contributed by atoms with Crippen LogP contribution in [0.25, 0.3) is 32.3 Å². The normalized spacial score (nSPS) is 10.0. The van der Waals surface area contributed by atoms with Crippen LogP contribution in [0.15, 0.2) is 92.0 Å². The first-order valence-electron chi connectivity index (χ1n) is 8.75. The van der Waals surface area contributed by atoms with E-state index in [-0.39, 0.29) is 5.78 Å². The molecule has 4 aromatic carbocycles. The second-order valence-electron chi connectivity index (χ2n) is 6.14. The Bertz CT molecular complexity index is 1170. The summed E-state index contributed by atoms with van der Waals surface area (Å²) in [6.07, 6.45) is 8.09. The van der Waals surface area contributed by atoms with Crippen LogP contribution in [0.2, 0.25) is 0 Å². The standard InChI is InChI=1S/C22H16O.C4H4/c1-2-7-22(23)15-12-13-20-18-10-4-3-8-16(18)17-9-5-6-11-19(17)21(20)14-15;1-3-4-2/h2-6,8-14H,1,7H2;1,4H,2H2. The molecule has 130 valence electrons. The van der Waals surface area contributed by atoms with Gasteiger partial charge in [-0.3, -0.25) is 4.79 Å². The van der Waals surface area contributed by atoms with Gasteiger partial charge < -0.3 is 0 Å². The minimum atomic E-state index is 0.110. The Morgan fingerprint density at radius 3 is 1.70 bits per heavy atom. The van der Waals surface area contributed by atoms with Gasteiger partial charge in [0.1, 0.15) is 0 Å². The fraction of sp³-hybridized carbons (Fsp3) is 0.0385. The van der Waals surface area contributed by atoms with Gasteiger partial charge in [-0.25, -0.2) is 0 Å². The summed E-state index contributed by atoms with van der Waals surface area (Å²) in [5, 5.41) is 7.21. The molecule has 0 amide bonds. The second-order valence-corrected chi connectivity index (χ2v) is 6.14. The minimum absolute atomic E-state index is 0.110. The van der Waals surface area contributed by atoms with Crippen LogP contribution in [0, 0.1) is 12.3 Å². The van der Waals surface area contributed by atoms with Gasteiger partial charge in [0.05, 0.1) is 0 Å². The van der Waals surface area contributed by atoms with Crippen molar-refractivity contribution in [1.82, 2.24) is 0 Å². The molecule has 0 saturated heterocycles. The molecule has 0 N–H and O–H groups in total. The maximum Gasteiger partial charge on any atom is 0.166 e. The summed E-state index contributed by atoms with van der Waals surface area (Å²) in [6.45, 7) is 6.90. The Hall–Kier alpha value is -3.63. The molecular formula is C26H20O. The second kappa shape index (κ2) is 8.17. The summed E-state index contributed by atoms with van der Waals surface area (Å²) in [7, 11) is 0. The van der Waals surface area contributed by atoms with Crippen LogP contribution in [-0.2, 0) is 0 Å². The van der Waals surface area contributed by atoms with Crippen molar-refractivity contribution >= 4 is 38.1 Å². The summed E-state index contributed by atoms with van der Waals surface area (Å²) >= 11 is 0. The molecule has 0 heterocycles. The van der Waals surface area contributed by atoms with Gasteiger partial charge in [-0.1, -0.05) is 79.2 Å². The first-order chi connectivity index (χ1) is 13.2. The maximum atomic E-state index is 12.2. The number of fused-ring (bicyclic) bond motifs is 6. The smallest absolute Gasteiger partial charge is 0.166 e. The van der Waals surface area contributed by atoms with Crippen LogP contribution < -0.4 is 0 Å². The third-order valence-corrected chi connectivity index (χ3v) is 4.51. The number of carbonyl (C=O) groups is 1. The van der Waals surface area contributed by atoms with Crippen molar-refractivity contribution < 1.29 is 4.79 Å². The molecule has 0 radical (unpaired) electrons. The summed E-state index contributed by atoms with van der Waals surface area (Å²) in [5.41, 5.74) is 0.748. The molecule has 0 saturated carbocycles. The predicted molar refractivity (Wildman–Crippen MR) is 117 cm³/mol. The van der Waals surface area contributed by atoms with E-state index in [9.17, 15) is 4.79 Å². The van der Waals surface area contributed by atoms with Crippen molar-refractivity contribution in [2.24, 2.45) is 0 Å². The Balaban J connectivity index is 0.000000481. The van der Waals surface area contributed by atoms with E-state index in [0.29, 0.717) is 6.42 Å². The molecule has 4 aromatic rings. The van der Waals surface area contributed by atoms with Crippen molar-refractivity contribution in [3.63, 3.8) is 0 Å². The van der Waals surface area contributed by atoms with Crippen LogP contribution in [0.3, 0.4) is 0 Å². The zero-order valence-corrected chi connectivity index (χ0v) is 15.1. The van der Waals surface area contributed by atoms with E-state index in [0.717, 1.165) is 10.9 Å². The van der Waals surface area contributed by atoms with Gasteiger partial charge >= 0.3 is 0 Å². The largest absolute Gasteiger partial charge is 0.294 e. The summed E-state index contributed by atoms with van der Waals surface area (Å²) in [4.78, 5) is 12.2. The van der Waals surface area contributed by atoms with Crippen LogP contribution in [0.1, 0.15) is 16.8 Å². The van der Waals surface area contributed by atoms with Gasteiger partial charge in [-0.2, -0.15) is 0 Å². The van der Waals surface area contributed by atoms with Crippen LogP contribution >= 0.6 is 0 Å². The van der Waals surface area contributed by atoms with Gasteiger partial charge in [-0.05, 0) is 44.5 Å². The van der Waals surface area contributed by atoms with E-state index in [1.807, 2.05) is 12.1 Å². The van der Waals surface area contributed by atoms with Gasteiger partial charge in [0.25, 0.3) is 0 Å². The summed E-state index contributed by atoms with van der Waals surface area (Å²) in [6, 6.07) is 22.9. The van der Waals surface area contributed by atoms with E-state index in [2.05, 4.69) is 80.1 Å². The number of carbonyl (C=O) groups excluding carboxylic acids is 1. The molecule has 27 heavy (non-hydrogen) atoms. The lowest BCUT2D eigenvalue weighted by atomic mass is 9.92. The van der Waals surface area contributed by atoms with Crippen molar-refractivity contribution in [3.05, 3.63) is 97.6 Å². The van der Waals surface area contributed by atoms with E-state index in [1.54, 1.807) is 6.08 Å². The highest BCUT2D eigenvalue weighted by Gasteiger charge is 2.10. The quantitative estimate of drug-likeness (QED) is 0.174. The predicted octanol–water partition coefficient (Wildman–Crippen LogP) is 6.71. The highest BCUT2D eigenvalue weighted by Crippen LogP contribution is 2.35. The summed E-state index contributed by atoms with van der Waals surface area (Å²) < 4.78 is 0. The molecule has 0 aromatic heterocycles. The van der Waals surface area contributed by atoms with E-state index in [4.69, 9.17) is 0 Å². The van der Waals surface area contributed by atoms with E-state index in [1.165, 1.54) is 33.0 Å². The third kappa shape index (κ3) is 3.52. The van der Waals surface area contributed by atoms with E-state index >= 15 is 0 Å². The van der Waals surface area contributed by atoms with Gasteiger partial charge in [0.15, 0.2) is 5.78 Å². The topological polar surface area (TPSA) is 17.1 Å². The van der Waals surface area contributed by atoms with Crippen LogP contribution in [0.5, 0.6) is 0 Å². The molecule has 0 unspecified atom stereocenters. The Morgan fingerprint density at radius 2 is 1.26 bits per heavy atom. The van der Waals surface area contributed by atoms with E-state index < -0.39 is 0 Å². The molecule has 0 aliphatic heterocycles. The molecule has 0 spiro atoms. The lowest BCUT2D eigenvalue weighted by Crippen LogP contribution is -1.97. The Labute approximate surface area is 159 Å². The first-order valence-corrected chi connectivity index (χ1v) is 8.75. The Morgan fingerprint density at radius 1 is 0.815 bits per heavy atom. The average molecular weight is 348 g/mol. The molecule has 0 aliphatic carbocycles. The third-order valence-electron chi connectivity index (χ3n) is 4.51. The number of ketones is 1. The molecule has 4 rings (SSSR count). The SMILES string of the molecule is C#CC=C.C=CCC(=O)c1ccc2c3ccccc3c3ccccc3c2c1. The van der Waals surface area contributed by atoms with Gasteiger partial charge in [0, 0.05) is 12.0 Å². The minimum Gasteiger partial charge on any atom is -0.294 e. The van der Waals surface area contributed by atoms with Gasteiger partial charge in [0.2, 0.25) is 0 Å². The zero-order valence-electron chi connectivity index (χ0n) is 15.1. The fourth-order valence-electron chi connectivity index (χ4n) is 3.33. The fourth-order valence-corrected chi connectivity index (χ4v) is 3.33. The number of hydrogen-bond donors (Lipinski definition) is 0. The number of benzene rings is 4. The number of hydrogen-bond acceptors (Lipinski definition) is 1. The molecule has 1 nitrogen and oxygen atoms in total. The van der Waals surface area contributed by atoms with Crippen LogP contribution in [-0.4, -0.2) is 5.78 Å². The van der Waals surface area contributed by atoms with Gasteiger partial charge in [-0.15, -0.1) is 13.0 Å². The molecule has 0 aliphatic rings. The first kappa shape index (κ1) is 18.2. The zero-order chi connectivity index (χ0) is 19.2.